The molecule has 1 aromatic heterocycles. The maximum absolute atomic E-state index is 11.1. The van der Waals surface area contributed by atoms with Crippen molar-refractivity contribution in [1.82, 2.24) is 9.97 Å². The Morgan fingerprint density at radius 3 is 2.71 bits per heavy atom. The number of aryl methyl sites for hydroxylation is 2. The number of halogens is 1. The van der Waals surface area contributed by atoms with E-state index in [1.54, 1.807) is 6.20 Å². The number of aromatic nitrogens is 2. The van der Waals surface area contributed by atoms with Crippen molar-refractivity contribution in [2.45, 2.75) is 13.8 Å². The van der Waals surface area contributed by atoms with Gasteiger partial charge in [-0.3, -0.25) is 4.98 Å². The lowest BCUT2D eigenvalue weighted by Gasteiger charge is -2.13. The number of ether oxygens (including phenoxy) is 1. The molecule has 0 amide bonds. The summed E-state index contributed by atoms with van der Waals surface area (Å²) in [5, 5.41) is 12.4. The fourth-order valence-electron chi connectivity index (χ4n) is 1.77. The molecule has 0 unspecified atom stereocenters. The first-order valence-corrected chi connectivity index (χ1v) is 6.48. The molecule has 2 aromatic rings. The summed E-state index contributed by atoms with van der Waals surface area (Å²) in [6.07, 6.45) is 1.66. The topological polar surface area (TPSA) is 84.3 Å². The molecule has 21 heavy (non-hydrogen) atoms. The largest absolute Gasteiger partial charge is 0.496 e. The zero-order chi connectivity index (χ0) is 15.6. The second-order valence-electron chi connectivity index (χ2n) is 4.41. The van der Waals surface area contributed by atoms with Crippen LogP contribution in [-0.4, -0.2) is 28.2 Å². The number of nitrogens with one attached hydrogen (secondary N) is 1. The van der Waals surface area contributed by atoms with Gasteiger partial charge in [0.2, 0.25) is 0 Å². The lowest BCUT2D eigenvalue weighted by molar-refractivity contribution is 0.0693. The molecule has 0 aliphatic heterocycles. The van der Waals surface area contributed by atoms with E-state index in [9.17, 15) is 4.79 Å². The number of anilines is 2. The first-order valence-electron chi connectivity index (χ1n) is 6.10. The highest BCUT2D eigenvalue weighted by Crippen LogP contribution is 2.33. The summed E-state index contributed by atoms with van der Waals surface area (Å²) in [6, 6.07) is 2.86. The van der Waals surface area contributed by atoms with Crippen LogP contribution in [0.15, 0.2) is 18.3 Å². The van der Waals surface area contributed by atoms with Gasteiger partial charge in [0.25, 0.3) is 0 Å². The molecule has 0 atom stereocenters. The molecule has 0 radical (unpaired) electrons. The van der Waals surface area contributed by atoms with E-state index in [2.05, 4.69) is 15.3 Å². The molecule has 110 valence electrons. The normalized spacial score (nSPS) is 10.3. The molecule has 7 heteroatoms. The Morgan fingerprint density at radius 2 is 2.10 bits per heavy atom. The summed E-state index contributed by atoms with van der Waals surface area (Å²) in [7, 11) is 1.40. The van der Waals surface area contributed by atoms with Crippen LogP contribution in [0.1, 0.15) is 21.7 Å². The Hall–Kier alpha value is -2.34. The molecule has 0 saturated heterocycles. The van der Waals surface area contributed by atoms with Gasteiger partial charge in [-0.25, -0.2) is 9.78 Å². The zero-order valence-electron chi connectivity index (χ0n) is 11.8. The van der Waals surface area contributed by atoms with Crippen molar-refractivity contribution in [3.63, 3.8) is 0 Å². The maximum atomic E-state index is 11.1. The van der Waals surface area contributed by atoms with E-state index >= 15 is 0 Å². The minimum Gasteiger partial charge on any atom is -0.496 e. The SMILES string of the molecule is COc1cc(Nc2nc(C)cnc2C)c(Cl)cc1C(=O)O. The van der Waals surface area contributed by atoms with Crippen molar-refractivity contribution in [1.29, 1.82) is 0 Å². The van der Waals surface area contributed by atoms with Crippen molar-refractivity contribution in [2.75, 3.05) is 12.4 Å². The van der Waals surface area contributed by atoms with Crippen molar-refractivity contribution in [3.05, 3.63) is 40.3 Å². The van der Waals surface area contributed by atoms with Gasteiger partial charge in [0.05, 0.1) is 29.2 Å². The summed E-state index contributed by atoms with van der Waals surface area (Å²) in [5.41, 5.74) is 1.97. The monoisotopic (exact) mass is 307 g/mol. The standard InChI is InChI=1S/C14H14ClN3O3/c1-7-6-16-8(2)13(17-7)18-11-5-12(21-3)9(14(19)20)4-10(11)15/h4-6H,1-3H3,(H,17,18)(H,19,20). The smallest absolute Gasteiger partial charge is 0.339 e. The lowest BCUT2D eigenvalue weighted by Crippen LogP contribution is -2.04. The molecule has 0 bridgehead atoms. The number of carboxylic acid groups (broad SMARTS) is 1. The van der Waals surface area contributed by atoms with Crippen LogP contribution >= 0.6 is 11.6 Å². The van der Waals surface area contributed by atoms with Crippen LogP contribution in [0.25, 0.3) is 0 Å². The van der Waals surface area contributed by atoms with Gasteiger partial charge >= 0.3 is 5.97 Å². The summed E-state index contributed by atoms with van der Waals surface area (Å²) in [5.74, 6) is -0.332. The number of carbonyl (C=O) groups is 1. The van der Waals surface area contributed by atoms with Gasteiger partial charge in [0.1, 0.15) is 11.3 Å². The molecule has 0 aliphatic rings. The Balaban J connectivity index is 2.45. The summed E-state index contributed by atoms with van der Waals surface area (Å²) in [4.78, 5) is 19.7. The summed E-state index contributed by atoms with van der Waals surface area (Å²) in [6.45, 7) is 3.64. The molecule has 6 nitrogen and oxygen atoms in total. The number of hydrogen-bond acceptors (Lipinski definition) is 5. The zero-order valence-corrected chi connectivity index (χ0v) is 12.5. The second-order valence-corrected chi connectivity index (χ2v) is 4.82. The summed E-state index contributed by atoms with van der Waals surface area (Å²) < 4.78 is 5.08. The third-order valence-electron chi connectivity index (χ3n) is 2.85. The van der Waals surface area contributed by atoms with Gasteiger partial charge in [-0.05, 0) is 19.9 Å². The highest BCUT2D eigenvalue weighted by molar-refractivity contribution is 6.33. The lowest BCUT2D eigenvalue weighted by atomic mass is 10.1. The molecule has 2 rings (SSSR count). The van der Waals surface area contributed by atoms with Gasteiger partial charge in [0.15, 0.2) is 5.82 Å². The molecular weight excluding hydrogens is 294 g/mol. The van der Waals surface area contributed by atoms with Crippen LogP contribution < -0.4 is 10.1 Å². The molecular formula is C14H14ClN3O3. The van der Waals surface area contributed by atoms with E-state index in [1.165, 1.54) is 19.2 Å². The number of methoxy groups -OCH3 is 1. The number of rotatable bonds is 4. The van der Waals surface area contributed by atoms with Crippen molar-refractivity contribution in [3.8, 4) is 5.75 Å². The predicted molar refractivity (Wildman–Crippen MR) is 79.8 cm³/mol. The second kappa shape index (κ2) is 5.97. The van der Waals surface area contributed by atoms with Crippen LogP contribution in [0.3, 0.4) is 0 Å². The third-order valence-corrected chi connectivity index (χ3v) is 3.16. The molecule has 1 heterocycles. The quantitative estimate of drug-likeness (QED) is 0.902. The van der Waals surface area contributed by atoms with E-state index in [1.807, 2.05) is 13.8 Å². The first-order chi connectivity index (χ1) is 9.92. The number of carboxylic acids is 1. The van der Waals surface area contributed by atoms with Gasteiger partial charge in [0, 0.05) is 12.3 Å². The first kappa shape index (κ1) is 15.1. The molecule has 1 aromatic carbocycles. The van der Waals surface area contributed by atoms with E-state index in [0.29, 0.717) is 17.2 Å². The van der Waals surface area contributed by atoms with Crippen LogP contribution in [-0.2, 0) is 0 Å². The van der Waals surface area contributed by atoms with Gasteiger partial charge < -0.3 is 15.2 Å². The fraction of sp³-hybridized carbons (Fsp3) is 0.214. The Bertz CT molecular complexity index is 704. The average molecular weight is 308 g/mol. The highest BCUT2D eigenvalue weighted by Gasteiger charge is 2.16. The summed E-state index contributed by atoms with van der Waals surface area (Å²) >= 11 is 6.11. The molecule has 0 spiro atoms. The van der Waals surface area contributed by atoms with E-state index in [-0.39, 0.29) is 16.3 Å². The van der Waals surface area contributed by atoms with Gasteiger partial charge in [-0.15, -0.1) is 0 Å². The predicted octanol–water partition coefficient (Wildman–Crippen LogP) is 3.20. The Morgan fingerprint density at radius 1 is 1.38 bits per heavy atom. The minimum absolute atomic E-state index is 0.0000911. The van der Waals surface area contributed by atoms with Crippen molar-refractivity contribution < 1.29 is 14.6 Å². The Labute approximate surface area is 126 Å². The third kappa shape index (κ3) is 3.22. The molecule has 0 fully saturated rings. The molecule has 0 saturated carbocycles. The van der Waals surface area contributed by atoms with E-state index < -0.39 is 5.97 Å². The van der Waals surface area contributed by atoms with Crippen LogP contribution in [0, 0.1) is 13.8 Å². The minimum atomic E-state index is -1.10. The van der Waals surface area contributed by atoms with Gasteiger partial charge in [-0.1, -0.05) is 11.6 Å². The van der Waals surface area contributed by atoms with Crippen LogP contribution in [0.4, 0.5) is 11.5 Å². The average Bonchev–Trinajstić information content (AvgIpc) is 2.44. The van der Waals surface area contributed by atoms with Crippen LogP contribution in [0.5, 0.6) is 5.75 Å². The fourth-order valence-corrected chi connectivity index (χ4v) is 1.98. The van der Waals surface area contributed by atoms with Crippen LogP contribution in [0.2, 0.25) is 5.02 Å². The number of hydrogen-bond donors (Lipinski definition) is 2. The number of aromatic carboxylic acids is 1. The van der Waals surface area contributed by atoms with Gasteiger partial charge in [-0.2, -0.15) is 0 Å². The maximum Gasteiger partial charge on any atom is 0.339 e. The van der Waals surface area contributed by atoms with E-state index in [4.69, 9.17) is 21.4 Å². The van der Waals surface area contributed by atoms with E-state index in [0.717, 1.165) is 5.69 Å². The molecule has 2 N–H and O–H groups in total. The Kier molecular flexibility index (Phi) is 4.28. The number of benzene rings is 1. The molecule has 0 aliphatic carbocycles. The highest BCUT2D eigenvalue weighted by atomic mass is 35.5. The van der Waals surface area contributed by atoms with Crippen molar-refractivity contribution >= 4 is 29.1 Å². The number of nitrogens with zero attached hydrogens (tertiary/aromatic N) is 2. The van der Waals surface area contributed by atoms with Crippen molar-refractivity contribution in [2.24, 2.45) is 0 Å².